The number of hydrogen-bond donors (Lipinski definition) is 0. The van der Waals surface area contributed by atoms with Crippen LogP contribution in [0.15, 0.2) is 11.6 Å². The molecule has 2 nitrogen and oxygen atoms in total. The zero-order valence-electron chi connectivity index (χ0n) is 11.0. The SMILES string of the molecule is COC(=O)[C@@H]1CCC=C2[C@H]1C[C@@H]1C[C@@H]2C1(C)C. The maximum absolute atomic E-state index is 11.9. The molecule has 0 N–H and O–H groups in total. The molecule has 0 aliphatic heterocycles. The standard InChI is InChI=1S/C15H22O2/c1-15(2)9-7-12-10(13(15)8-9)5-4-6-11(12)14(16)17-3/h5,9,11-13H,4,6-8H2,1-3H3/t9-,11-,12-,13+/m1/s1. The van der Waals surface area contributed by atoms with Gasteiger partial charge in [0.2, 0.25) is 0 Å². The first-order valence-electron chi connectivity index (χ1n) is 6.83. The molecule has 2 heteroatoms. The molecule has 0 aromatic carbocycles. The number of carbonyl (C=O) groups excluding carboxylic acids is 1. The lowest BCUT2D eigenvalue weighted by molar-refractivity contribution is -0.150. The molecule has 4 aliphatic carbocycles. The van der Waals surface area contributed by atoms with E-state index in [-0.39, 0.29) is 11.9 Å². The highest BCUT2D eigenvalue weighted by molar-refractivity contribution is 5.73. The highest BCUT2D eigenvalue weighted by Crippen LogP contribution is 2.65. The summed E-state index contributed by atoms with van der Waals surface area (Å²) in [5.41, 5.74) is 2.06. The summed E-state index contributed by atoms with van der Waals surface area (Å²) in [6.45, 7) is 4.79. The maximum atomic E-state index is 11.9. The van der Waals surface area contributed by atoms with Gasteiger partial charge in [-0.25, -0.2) is 0 Å². The van der Waals surface area contributed by atoms with Crippen molar-refractivity contribution < 1.29 is 9.53 Å². The van der Waals surface area contributed by atoms with Crippen molar-refractivity contribution in [1.82, 2.24) is 0 Å². The van der Waals surface area contributed by atoms with Crippen molar-refractivity contribution in [3.8, 4) is 0 Å². The van der Waals surface area contributed by atoms with Crippen molar-refractivity contribution in [1.29, 1.82) is 0 Å². The molecule has 4 rings (SSSR count). The number of rotatable bonds is 1. The molecule has 0 saturated heterocycles. The Kier molecular flexibility index (Phi) is 2.39. The first kappa shape index (κ1) is 11.3. The van der Waals surface area contributed by atoms with Crippen molar-refractivity contribution in [2.75, 3.05) is 7.11 Å². The van der Waals surface area contributed by atoms with Gasteiger partial charge in [-0.3, -0.25) is 4.79 Å². The smallest absolute Gasteiger partial charge is 0.309 e. The van der Waals surface area contributed by atoms with Gasteiger partial charge in [0.25, 0.3) is 0 Å². The monoisotopic (exact) mass is 234 g/mol. The Morgan fingerprint density at radius 3 is 2.82 bits per heavy atom. The molecule has 4 atom stereocenters. The van der Waals surface area contributed by atoms with E-state index in [1.807, 2.05) is 0 Å². The van der Waals surface area contributed by atoms with Crippen molar-refractivity contribution in [2.24, 2.45) is 29.1 Å². The molecule has 0 aromatic heterocycles. The van der Waals surface area contributed by atoms with E-state index in [1.54, 1.807) is 5.57 Å². The molecule has 94 valence electrons. The van der Waals surface area contributed by atoms with Crippen molar-refractivity contribution in [2.45, 2.75) is 39.5 Å². The minimum absolute atomic E-state index is 0.0136. The minimum atomic E-state index is 0.0136. The zero-order valence-corrected chi connectivity index (χ0v) is 11.0. The van der Waals surface area contributed by atoms with Crippen LogP contribution in [0.2, 0.25) is 0 Å². The first-order valence-corrected chi connectivity index (χ1v) is 6.83. The van der Waals surface area contributed by atoms with Crippen LogP contribution in [0.1, 0.15) is 39.5 Å². The van der Waals surface area contributed by atoms with Crippen LogP contribution in [0.5, 0.6) is 0 Å². The molecule has 0 radical (unpaired) electrons. The number of esters is 1. The Hall–Kier alpha value is -0.790. The molecule has 0 unspecified atom stereocenters. The van der Waals surface area contributed by atoms with Gasteiger partial charge in [0.1, 0.15) is 0 Å². The third-order valence-electron chi connectivity index (χ3n) is 5.69. The summed E-state index contributed by atoms with van der Waals surface area (Å²) in [4.78, 5) is 11.9. The Morgan fingerprint density at radius 2 is 2.18 bits per heavy atom. The van der Waals surface area contributed by atoms with Crippen LogP contribution in [-0.2, 0) is 9.53 Å². The normalized spacial score (nSPS) is 41.9. The van der Waals surface area contributed by atoms with E-state index in [0.29, 0.717) is 11.3 Å². The highest BCUT2D eigenvalue weighted by atomic mass is 16.5. The molecule has 3 fully saturated rings. The molecule has 17 heavy (non-hydrogen) atoms. The van der Waals surface area contributed by atoms with Crippen molar-refractivity contribution in [3.05, 3.63) is 11.6 Å². The molecule has 0 amide bonds. The van der Waals surface area contributed by atoms with Crippen LogP contribution in [0.3, 0.4) is 0 Å². The van der Waals surface area contributed by atoms with E-state index in [2.05, 4.69) is 19.9 Å². The summed E-state index contributed by atoms with van der Waals surface area (Å²) in [5.74, 6) is 2.20. The number of methoxy groups -OCH3 is 1. The van der Waals surface area contributed by atoms with Gasteiger partial charge in [0, 0.05) is 0 Å². The zero-order chi connectivity index (χ0) is 12.2. The van der Waals surface area contributed by atoms with E-state index < -0.39 is 0 Å². The largest absolute Gasteiger partial charge is 0.469 e. The Bertz CT molecular complexity index is 380. The van der Waals surface area contributed by atoms with Gasteiger partial charge in [-0.1, -0.05) is 25.5 Å². The summed E-state index contributed by atoms with van der Waals surface area (Å²) in [6.07, 6.45) is 7.02. The van der Waals surface area contributed by atoms with Crippen LogP contribution in [0.4, 0.5) is 0 Å². The molecular formula is C15H22O2. The molecule has 0 aromatic rings. The summed E-state index contributed by atoms with van der Waals surface area (Å²) in [5, 5.41) is 0. The van der Waals surface area contributed by atoms with E-state index in [1.165, 1.54) is 20.0 Å². The second-order valence-electron chi connectivity index (χ2n) is 6.56. The quantitative estimate of drug-likeness (QED) is 0.514. The van der Waals surface area contributed by atoms with Gasteiger partial charge < -0.3 is 4.74 Å². The fraction of sp³-hybridized carbons (Fsp3) is 0.800. The van der Waals surface area contributed by atoms with E-state index in [4.69, 9.17) is 4.74 Å². The fourth-order valence-electron chi connectivity index (χ4n) is 4.44. The van der Waals surface area contributed by atoms with Crippen molar-refractivity contribution in [3.63, 3.8) is 0 Å². The van der Waals surface area contributed by atoms with Gasteiger partial charge in [-0.2, -0.15) is 0 Å². The van der Waals surface area contributed by atoms with Crippen LogP contribution in [0, 0.1) is 29.1 Å². The van der Waals surface area contributed by atoms with Crippen LogP contribution in [-0.4, -0.2) is 13.1 Å². The van der Waals surface area contributed by atoms with E-state index in [0.717, 1.165) is 24.7 Å². The topological polar surface area (TPSA) is 26.3 Å². The van der Waals surface area contributed by atoms with E-state index in [9.17, 15) is 4.79 Å². The van der Waals surface area contributed by atoms with Gasteiger partial charge >= 0.3 is 5.97 Å². The Balaban J connectivity index is 1.87. The maximum Gasteiger partial charge on any atom is 0.309 e. The molecular weight excluding hydrogens is 212 g/mol. The third-order valence-corrected chi connectivity index (χ3v) is 5.69. The van der Waals surface area contributed by atoms with Crippen LogP contribution in [0.25, 0.3) is 0 Å². The van der Waals surface area contributed by atoms with Crippen molar-refractivity contribution >= 4 is 5.97 Å². The Morgan fingerprint density at radius 1 is 1.41 bits per heavy atom. The van der Waals surface area contributed by atoms with Crippen LogP contribution < -0.4 is 0 Å². The predicted octanol–water partition coefficient (Wildman–Crippen LogP) is 3.18. The average Bonchev–Trinajstić information content (AvgIpc) is 2.36. The number of hydrogen-bond acceptors (Lipinski definition) is 2. The summed E-state index contributed by atoms with van der Waals surface area (Å²) >= 11 is 0. The lowest BCUT2D eigenvalue weighted by atomic mass is 9.43. The Labute approximate surface area is 103 Å². The summed E-state index contributed by atoms with van der Waals surface area (Å²) in [7, 11) is 1.52. The van der Waals surface area contributed by atoms with Crippen LogP contribution >= 0.6 is 0 Å². The summed E-state index contributed by atoms with van der Waals surface area (Å²) in [6, 6.07) is 0. The summed E-state index contributed by atoms with van der Waals surface area (Å²) < 4.78 is 4.97. The number of ether oxygens (including phenoxy) is 1. The predicted molar refractivity (Wildman–Crippen MR) is 66.3 cm³/mol. The van der Waals surface area contributed by atoms with Gasteiger partial charge in [0.05, 0.1) is 13.0 Å². The molecule has 0 spiro atoms. The molecule has 3 saturated carbocycles. The van der Waals surface area contributed by atoms with E-state index >= 15 is 0 Å². The minimum Gasteiger partial charge on any atom is -0.469 e. The molecule has 4 aliphatic rings. The first-order chi connectivity index (χ1) is 8.05. The average molecular weight is 234 g/mol. The number of carbonyl (C=O) groups is 1. The lowest BCUT2D eigenvalue weighted by Crippen LogP contribution is -2.54. The second kappa shape index (κ2) is 3.60. The number of allylic oxidation sites excluding steroid dienone is 2. The second-order valence-corrected chi connectivity index (χ2v) is 6.56. The van der Waals surface area contributed by atoms with Gasteiger partial charge in [-0.15, -0.1) is 0 Å². The highest BCUT2D eigenvalue weighted by Gasteiger charge is 2.57. The van der Waals surface area contributed by atoms with Gasteiger partial charge in [-0.05, 0) is 48.9 Å². The lowest BCUT2D eigenvalue weighted by Gasteiger charge is -2.61. The fourth-order valence-corrected chi connectivity index (χ4v) is 4.44. The van der Waals surface area contributed by atoms with Gasteiger partial charge in [0.15, 0.2) is 0 Å². The third kappa shape index (κ3) is 1.42. The molecule has 2 bridgehead atoms. The molecule has 0 heterocycles.